The van der Waals surface area contributed by atoms with Crippen molar-refractivity contribution in [3.8, 4) is 5.88 Å². The van der Waals surface area contributed by atoms with Crippen molar-refractivity contribution < 1.29 is 17.5 Å². The number of nitrogens with one attached hydrogen (secondary N) is 1. The number of ether oxygens (including phenoxy) is 1. The minimum absolute atomic E-state index is 0.144. The molecular weight excluding hydrogens is 299 g/mol. The number of nitrogen functional groups attached to an aromatic ring is 1. The van der Waals surface area contributed by atoms with Crippen LogP contribution in [0.3, 0.4) is 0 Å². The molecule has 0 bridgehead atoms. The van der Waals surface area contributed by atoms with Gasteiger partial charge in [-0.25, -0.2) is 22.5 Å². The summed E-state index contributed by atoms with van der Waals surface area (Å²) in [6.45, 7) is 1.66. The van der Waals surface area contributed by atoms with Crippen LogP contribution in [0.15, 0.2) is 29.2 Å². The molecule has 0 amide bonds. The highest BCUT2D eigenvalue weighted by molar-refractivity contribution is 7.92. The molecule has 0 unspecified atom stereocenters. The Balaban J connectivity index is 2.37. The first kappa shape index (κ1) is 15.0. The van der Waals surface area contributed by atoms with E-state index in [9.17, 15) is 12.8 Å². The molecule has 112 valence electrons. The van der Waals surface area contributed by atoms with Gasteiger partial charge in [-0.05, 0) is 25.1 Å². The normalized spacial score (nSPS) is 11.2. The monoisotopic (exact) mass is 312 g/mol. The number of aromatic nitrogens is 2. The summed E-state index contributed by atoms with van der Waals surface area (Å²) in [6.07, 6.45) is 0. The van der Waals surface area contributed by atoms with Crippen molar-refractivity contribution in [2.75, 3.05) is 17.6 Å². The van der Waals surface area contributed by atoms with Crippen LogP contribution in [0.5, 0.6) is 5.88 Å². The smallest absolute Gasteiger partial charge is 0.264 e. The number of sulfonamides is 1. The number of hydrogen-bond acceptors (Lipinski definition) is 6. The van der Waals surface area contributed by atoms with Gasteiger partial charge in [0, 0.05) is 11.8 Å². The lowest BCUT2D eigenvalue weighted by Crippen LogP contribution is -2.16. The molecule has 7 nitrogen and oxygen atoms in total. The third kappa shape index (κ3) is 3.37. The average Bonchev–Trinajstić information content (AvgIpc) is 2.40. The minimum Gasteiger partial charge on any atom is -0.481 e. The maximum Gasteiger partial charge on any atom is 0.264 e. The molecule has 1 aromatic heterocycles. The lowest BCUT2D eigenvalue weighted by molar-refractivity contribution is 0.397. The SMILES string of the molecule is COc1cc(C)nc(NS(=O)(=O)c2ccc(F)c(N)c2)n1. The largest absolute Gasteiger partial charge is 0.481 e. The van der Waals surface area contributed by atoms with Gasteiger partial charge in [0.15, 0.2) is 0 Å². The molecule has 0 saturated heterocycles. The van der Waals surface area contributed by atoms with Crippen LogP contribution in [0.4, 0.5) is 16.0 Å². The van der Waals surface area contributed by atoms with Gasteiger partial charge in [0.25, 0.3) is 10.0 Å². The number of aryl methyl sites for hydroxylation is 1. The van der Waals surface area contributed by atoms with E-state index in [4.69, 9.17) is 10.5 Å². The van der Waals surface area contributed by atoms with Crippen LogP contribution in [0.25, 0.3) is 0 Å². The van der Waals surface area contributed by atoms with Gasteiger partial charge in [0.05, 0.1) is 17.7 Å². The van der Waals surface area contributed by atoms with Gasteiger partial charge in [0.1, 0.15) is 5.82 Å². The van der Waals surface area contributed by atoms with E-state index in [1.807, 2.05) is 0 Å². The summed E-state index contributed by atoms with van der Waals surface area (Å²) in [7, 11) is -2.57. The quantitative estimate of drug-likeness (QED) is 0.824. The number of halogens is 1. The molecule has 2 rings (SSSR count). The van der Waals surface area contributed by atoms with E-state index in [1.54, 1.807) is 13.0 Å². The number of anilines is 2. The highest BCUT2D eigenvalue weighted by Gasteiger charge is 2.17. The van der Waals surface area contributed by atoms with Crippen molar-refractivity contribution in [2.24, 2.45) is 0 Å². The second kappa shape index (κ2) is 5.52. The molecule has 1 heterocycles. The maximum absolute atomic E-state index is 13.1. The summed E-state index contributed by atoms with van der Waals surface area (Å²) in [5.74, 6) is -0.615. The van der Waals surface area contributed by atoms with Crippen LogP contribution < -0.4 is 15.2 Å². The third-order valence-electron chi connectivity index (χ3n) is 2.54. The van der Waals surface area contributed by atoms with Crippen LogP contribution in [0, 0.1) is 12.7 Å². The zero-order valence-corrected chi connectivity index (χ0v) is 12.1. The second-order valence-electron chi connectivity index (χ2n) is 4.16. The lowest BCUT2D eigenvalue weighted by atomic mass is 10.3. The van der Waals surface area contributed by atoms with Crippen molar-refractivity contribution in [1.82, 2.24) is 9.97 Å². The Morgan fingerprint density at radius 3 is 2.62 bits per heavy atom. The van der Waals surface area contributed by atoms with Gasteiger partial charge in [-0.15, -0.1) is 0 Å². The van der Waals surface area contributed by atoms with Gasteiger partial charge in [-0.1, -0.05) is 0 Å². The lowest BCUT2D eigenvalue weighted by Gasteiger charge is -2.09. The predicted octanol–water partition coefficient (Wildman–Crippen LogP) is 1.32. The molecule has 21 heavy (non-hydrogen) atoms. The first-order valence-corrected chi connectivity index (χ1v) is 7.27. The Labute approximate surface area is 121 Å². The first-order chi connectivity index (χ1) is 9.81. The molecule has 0 atom stereocenters. The van der Waals surface area contributed by atoms with E-state index < -0.39 is 15.8 Å². The number of nitrogens with two attached hydrogens (primary N) is 1. The molecule has 3 N–H and O–H groups in total. The summed E-state index contributed by atoms with van der Waals surface area (Å²) in [6, 6.07) is 4.64. The topological polar surface area (TPSA) is 107 Å². The van der Waals surface area contributed by atoms with Gasteiger partial charge in [-0.2, -0.15) is 4.98 Å². The molecule has 9 heteroatoms. The highest BCUT2D eigenvalue weighted by Crippen LogP contribution is 2.19. The predicted molar refractivity (Wildman–Crippen MR) is 74.9 cm³/mol. The summed E-state index contributed by atoms with van der Waals surface area (Å²) < 4.78 is 44.5. The first-order valence-electron chi connectivity index (χ1n) is 5.79. The maximum atomic E-state index is 13.1. The van der Waals surface area contributed by atoms with Crippen molar-refractivity contribution in [3.63, 3.8) is 0 Å². The number of hydrogen-bond donors (Lipinski definition) is 2. The Morgan fingerprint density at radius 2 is 2.00 bits per heavy atom. The summed E-state index contributed by atoms with van der Waals surface area (Å²) in [5, 5.41) is 0. The van der Waals surface area contributed by atoms with E-state index in [0.29, 0.717) is 5.69 Å². The molecule has 0 saturated carbocycles. The summed E-state index contributed by atoms with van der Waals surface area (Å²) in [4.78, 5) is 7.63. The fourth-order valence-electron chi connectivity index (χ4n) is 1.56. The third-order valence-corrected chi connectivity index (χ3v) is 3.87. The molecular formula is C12H13FN4O3S. The summed E-state index contributed by atoms with van der Waals surface area (Å²) >= 11 is 0. The molecule has 0 radical (unpaired) electrons. The van der Waals surface area contributed by atoms with E-state index >= 15 is 0 Å². The standard InChI is InChI=1S/C12H13FN4O3S/c1-7-5-11(20-2)16-12(15-7)17-21(18,19)8-3-4-9(13)10(14)6-8/h3-6H,14H2,1-2H3,(H,15,16,17). The summed E-state index contributed by atoms with van der Waals surface area (Å²) in [5.41, 5.74) is 5.62. The number of methoxy groups -OCH3 is 1. The fourth-order valence-corrected chi connectivity index (χ4v) is 2.54. The van der Waals surface area contributed by atoms with Crippen molar-refractivity contribution >= 4 is 21.7 Å². The second-order valence-corrected chi connectivity index (χ2v) is 5.85. The Kier molecular flexibility index (Phi) is 3.94. The van der Waals surface area contributed by atoms with Gasteiger partial charge >= 0.3 is 0 Å². The Hall–Kier alpha value is -2.42. The van der Waals surface area contributed by atoms with Crippen molar-refractivity contribution in [2.45, 2.75) is 11.8 Å². The van der Waals surface area contributed by atoms with Gasteiger partial charge in [-0.3, -0.25) is 0 Å². The molecule has 0 aliphatic carbocycles. The number of rotatable bonds is 4. The molecule has 0 aliphatic rings. The van der Waals surface area contributed by atoms with Gasteiger partial charge < -0.3 is 10.5 Å². The zero-order chi connectivity index (χ0) is 15.6. The average molecular weight is 312 g/mol. The number of benzene rings is 1. The molecule has 0 spiro atoms. The van der Waals surface area contributed by atoms with Crippen LogP contribution in [0.2, 0.25) is 0 Å². The van der Waals surface area contributed by atoms with Crippen molar-refractivity contribution in [3.05, 3.63) is 35.8 Å². The zero-order valence-electron chi connectivity index (χ0n) is 11.3. The van der Waals surface area contributed by atoms with E-state index in [-0.39, 0.29) is 22.4 Å². The van der Waals surface area contributed by atoms with E-state index in [2.05, 4.69) is 14.7 Å². The van der Waals surface area contributed by atoms with Crippen molar-refractivity contribution in [1.29, 1.82) is 0 Å². The van der Waals surface area contributed by atoms with Gasteiger partial charge in [0.2, 0.25) is 11.8 Å². The van der Waals surface area contributed by atoms with Crippen LogP contribution >= 0.6 is 0 Å². The van der Waals surface area contributed by atoms with E-state index in [1.165, 1.54) is 7.11 Å². The minimum atomic E-state index is -3.97. The molecule has 1 aromatic carbocycles. The van der Waals surface area contributed by atoms with E-state index in [0.717, 1.165) is 18.2 Å². The fraction of sp³-hybridized carbons (Fsp3) is 0.167. The van der Waals surface area contributed by atoms with Crippen LogP contribution in [0.1, 0.15) is 5.69 Å². The number of nitrogens with zero attached hydrogens (tertiary/aromatic N) is 2. The Bertz CT molecular complexity index is 780. The molecule has 0 fully saturated rings. The highest BCUT2D eigenvalue weighted by atomic mass is 32.2. The Morgan fingerprint density at radius 1 is 1.29 bits per heavy atom. The molecule has 2 aromatic rings. The van der Waals surface area contributed by atoms with Crippen LogP contribution in [-0.4, -0.2) is 25.5 Å². The van der Waals surface area contributed by atoms with Crippen LogP contribution in [-0.2, 0) is 10.0 Å². The molecule has 0 aliphatic heterocycles.